The molecule has 5 aromatic rings. The molecule has 0 aliphatic carbocycles. The van der Waals surface area contributed by atoms with Gasteiger partial charge in [0.15, 0.2) is 23.2 Å². The minimum Gasteiger partial charge on any atom is -0.486 e. The zero-order valence-corrected chi connectivity index (χ0v) is 19.1. The van der Waals surface area contributed by atoms with Crippen LogP contribution in [0, 0.1) is 18.6 Å². The summed E-state index contributed by atoms with van der Waals surface area (Å²) in [6.45, 7) is 1.84. The van der Waals surface area contributed by atoms with Crippen molar-refractivity contribution >= 4 is 28.4 Å². The number of ketones is 1. The van der Waals surface area contributed by atoms with E-state index in [4.69, 9.17) is 16.3 Å². The minimum absolute atomic E-state index is 0.00118. The van der Waals surface area contributed by atoms with Gasteiger partial charge in [-0.1, -0.05) is 23.7 Å². The number of benzene rings is 3. The molecule has 5 rings (SSSR count). The standard InChI is InChI=1S/C26H17ClF2N4O2/c1-15-12-33(14-31-15)23-11-30-20-7-5-17(10-21(20)32-23)26(34)24-19(28)6-8-22(25(24)29)35-13-16-3-2-4-18(27)9-16/h2-12,14H,13H2,1H3. The van der Waals surface area contributed by atoms with Crippen LogP contribution in [0.5, 0.6) is 5.75 Å². The van der Waals surface area contributed by atoms with Crippen molar-refractivity contribution in [1.29, 1.82) is 0 Å². The van der Waals surface area contributed by atoms with Crippen LogP contribution in [0.1, 0.15) is 27.2 Å². The summed E-state index contributed by atoms with van der Waals surface area (Å²) in [4.78, 5) is 26.2. The molecule has 0 unspecified atom stereocenters. The maximum absolute atomic E-state index is 15.2. The third kappa shape index (κ3) is 4.61. The molecule has 2 heterocycles. The Kier molecular flexibility index (Phi) is 5.96. The normalized spacial score (nSPS) is 11.1. The molecule has 0 radical (unpaired) electrons. The number of hydrogen-bond acceptors (Lipinski definition) is 5. The van der Waals surface area contributed by atoms with Crippen molar-refractivity contribution in [3.8, 4) is 11.6 Å². The molecule has 0 aliphatic heterocycles. The Morgan fingerprint density at radius 3 is 2.69 bits per heavy atom. The van der Waals surface area contributed by atoms with Gasteiger partial charge < -0.3 is 4.74 Å². The summed E-state index contributed by atoms with van der Waals surface area (Å²) in [6.07, 6.45) is 4.95. The number of ether oxygens (including phenoxy) is 1. The number of aryl methyl sites for hydroxylation is 1. The van der Waals surface area contributed by atoms with Crippen molar-refractivity contribution in [2.24, 2.45) is 0 Å². The molecule has 0 spiro atoms. The van der Waals surface area contributed by atoms with E-state index >= 15 is 4.39 Å². The van der Waals surface area contributed by atoms with E-state index in [1.807, 2.05) is 6.92 Å². The summed E-state index contributed by atoms with van der Waals surface area (Å²) in [5, 5.41) is 0.507. The topological polar surface area (TPSA) is 69.9 Å². The van der Waals surface area contributed by atoms with Gasteiger partial charge in [0.05, 0.1) is 28.5 Å². The molecule has 0 saturated carbocycles. The Morgan fingerprint density at radius 2 is 1.91 bits per heavy atom. The molecule has 0 atom stereocenters. The van der Waals surface area contributed by atoms with E-state index in [1.165, 1.54) is 12.1 Å². The average molecular weight is 491 g/mol. The number of fused-ring (bicyclic) bond motifs is 1. The molecule has 0 aliphatic rings. The Bertz CT molecular complexity index is 1590. The minimum atomic E-state index is -1.08. The van der Waals surface area contributed by atoms with Crippen LogP contribution in [0.4, 0.5) is 8.78 Å². The van der Waals surface area contributed by atoms with E-state index in [1.54, 1.807) is 53.6 Å². The number of nitrogens with zero attached hydrogens (tertiary/aromatic N) is 4. The summed E-state index contributed by atoms with van der Waals surface area (Å²) in [7, 11) is 0. The van der Waals surface area contributed by atoms with Crippen molar-refractivity contribution in [3.63, 3.8) is 0 Å². The molecular formula is C26H17ClF2N4O2. The molecule has 0 amide bonds. The molecule has 0 N–H and O–H groups in total. The van der Waals surface area contributed by atoms with E-state index in [2.05, 4.69) is 15.0 Å². The van der Waals surface area contributed by atoms with Gasteiger partial charge in [0.2, 0.25) is 0 Å². The van der Waals surface area contributed by atoms with Crippen LogP contribution < -0.4 is 4.74 Å². The van der Waals surface area contributed by atoms with Gasteiger partial charge in [-0.3, -0.25) is 14.3 Å². The molecule has 174 valence electrons. The predicted octanol–water partition coefficient (Wildman–Crippen LogP) is 5.87. The van der Waals surface area contributed by atoms with Gasteiger partial charge in [-0.05, 0) is 55.0 Å². The van der Waals surface area contributed by atoms with Crippen LogP contribution in [0.15, 0.2) is 73.3 Å². The highest BCUT2D eigenvalue weighted by Crippen LogP contribution is 2.27. The van der Waals surface area contributed by atoms with Crippen molar-refractivity contribution in [2.45, 2.75) is 13.5 Å². The van der Waals surface area contributed by atoms with Gasteiger partial charge in [0, 0.05) is 16.8 Å². The first-order valence-electron chi connectivity index (χ1n) is 10.6. The van der Waals surface area contributed by atoms with Crippen LogP contribution in [-0.2, 0) is 6.61 Å². The average Bonchev–Trinajstić information content (AvgIpc) is 3.29. The number of aromatic nitrogens is 4. The van der Waals surface area contributed by atoms with Gasteiger partial charge in [0.25, 0.3) is 0 Å². The molecule has 35 heavy (non-hydrogen) atoms. The number of carbonyl (C=O) groups excluding carboxylic acids is 1. The number of rotatable bonds is 6. The number of carbonyl (C=O) groups is 1. The van der Waals surface area contributed by atoms with Gasteiger partial charge in [-0.15, -0.1) is 0 Å². The largest absolute Gasteiger partial charge is 0.486 e. The van der Waals surface area contributed by atoms with Crippen LogP contribution in [0.2, 0.25) is 5.02 Å². The quantitative estimate of drug-likeness (QED) is 0.279. The lowest BCUT2D eigenvalue weighted by Gasteiger charge is -2.11. The molecule has 3 aromatic carbocycles. The zero-order valence-electron chi connectivity index (χ0n) is 18.4. The van der Waals surface area contributed by atoms with Crippen molar-refractivity contribution in [3.05, 3.63) is 112 Å². The maximum atomic E-state index is 15.2. The molecule has 9 heteroatoms. The van der Waals surface area contributed by atoms with Crippen LogP contribution in [0.3, 0.4) is 0 Å². The van der Waals surface area contributed by atoms with Crippen molar-refractivity contribution in [1.82, 2.24) is 19.5 Å². The van der Waals surface area contributed by atoms with Crippen LogP contribution >= 0.6 is 11.6 Å². The zero-order chi connectivity index (χ0) is 24.5. The fraction of sp³-hybridized carbons (Fsp3) is 0.0769. The van der Waals surface area contributed by atoms with Gasteiger partial charge >= 0.3 is 0 Å². The molecule has 6 nitrogen and oxygen atoms in total. The highest BCUT2D eigenvalue weighted by atomic mass is 35.5. The van der Waals surface area contributed by atoms with Crippen LogP contribution in [-0.4, -0.2) is 25.3 Å². The predicted molar refractivity (Wildman–Crippen MR) is 127 cm³/mol. The number of hydrogen-bond donors (Lipinski definition) is 0. The first kappa shape index (κ1) is 22.6. The Labute approximate surface area is 203 Å². The van der Waals surface area contributed by atoms with Crippen molar-refractivity contribution in [2.75, 3.05) is 0 Å². The Balaban J connectivity index is 1.47. The van der Waals surface area contributed by atoms with E-state index in [0.717, 1.165) is 17.8 Å². The monoisotopic (exact) mass is 490 g/mol. The lowest BCUT2D eigenvalue weighted by Crippen LogP contribution is -2.10. The van der Waals surface area contributed by atoms with E-state index < -0.39 is 23.0 Å². The summed E-state index contributed by atoms with van der Waals surface area (Å²) < 4.78 is 37.0. The van der Waals surface area contributed by atoms with E-state index in [-0.39, 0.29) is 17.9 Å². The summed E-state index contributed by atoms with van der Waals surface area (Å²) in [5.41, 5.74) is 1.79. The smallest absolute Gasteiger partial charge is 0.199 e. The van der Waals surface area contributed by atoms with Gasteiger partial charge in [-0.25, -0.2) is 18.7 Å². The third-order valence-electron chi connectivity index (χ3n) is 5.33. The fourth-order valence-electron chi connectivity index (χ4n) is 3.60. The molecular weight excluding hydrogens is 474 g/mol. The second-order valence-electron chi connectivity index (χ2n) is 7.84. The summed E-state index contributed by atoms with van der Waals surface area (Å²) in [6, 6.07) is 13.5. The van der Waals surface area contributed by atoms with E-state index in [9.17, 15) is 9.18 Å². The van der Waals surface area contributed by atoms with Gasteiger partial charge in [-0.2, -0.15) is 0 Å². The first-order valence-corrected chi connectivity index (χ1v) is 10.9. The number of imidazole rings is 1. The highest BCUT2D eigenvalue weighted by Gasteiger charge is 2.23. The van der Waals surface area contributed by atoms with E-state index in [0.29, 0.717) is 27.4 Å². The molecule has 0 bridgehead atoms. The second kappa shape index (κ2) is 9.23. The Morgan fingerprint density at radius 1 is 1.06 bits per heavy atom. The van der Waals surface area contributed by atoms with Crippen LogP contribution in [0.25, 0.3) is 16.9 Å². The molecule has 0 fully saturated rings. The highest BCUT2D eigenvalue weighted by molar-refractivity contribution is 6.30. The maximum Gasteiger partial charge on any atom is 0.199 e. The molecule has 0 saturated heterocycles. The lowest BCUT2D eigenvalue weighted by molar-refractivity contribution is 0.103. The summed E-state index contributed by atoms with van der Waals surface area (Å²) >= 11 is 5.96. The third-order valence-corrected chi connectivity index (χ3v) is 5.57. The first-order chi connectivity index (χ1) is 16.9. The lowest BCUT2D eigenvalue weighted by atomic mass is 10.0. The second-order valence-corrected chi connectivity index (χ2v) is 8.27. The summed E-state index contributed by atoms with van der Waals surface area (Å²) in [5.74, 6) is -2.65. The SMILES string of the molecule is Cc1cn(-c2cnc3ccc(C(=O)c4c(F)ccc(OCc5cccc(Cl)c5)c4F)cc3n2)cn1. The molecule has 2 aromatic heterocycles. The van der Waals surface area contributed by atoms with Crippen molar-refractivity contribution < 1.29 is 18.3 Å². The van der Waals surface area contributed by atoms with Gasteiger partial charge in [0.1, 0.15) is 18.8 Å². The Hall–Kier alpha value is -4.17. The number of halogens is 3. The fourth-order valence-corrected chi connectivity index (χ4v) is 3.81.